The molecule has 1 aromatic rings. The highest BCUT2D eigenvalue weighted by Gasteiger charge is 2.15. The van der Waals surface area contributed by atoms with Crippen molar-refractivity contribution in [3.63, 3.8) is 0 Å². The number of ether oxygens (including phenoxy) is 1. The maximum absolute atomic E-state index is 11.4. The number of nitro benzene ring substituents is 1. The number of amides is 1. The molecule has 0 fully saturated rings. The largest absolute Gasteiger partial charge is 0.444 e. The highest BCUT2D eigenvalue weighted by molar-refractivity contribution is 5.67. The fourth-order valence-electron chi connectivity index (χ4n) is 1.94. The van der Waals surface area contributed by atoms with Crippen molar-refractivity contribution >= 4 is 17.5 Å². The van der Waals surface area contributed by atoms with Crippen molar-refractivity contribution < 1.29 is 14.5 Å². The van der Waals surface area contributed by atoms with E-state index in [1.54, 1.807) is 18.2 Å². The van der Waals surface area contributed by atoms with Gasteiger partial charge in [-0.05, 0) is 46.1 Å². The Morgan fingerprint density at radius 3 is 2.48 bits per heavy atom. The average Bonchev–Trinajstić information content (AvgIpc) is 2.44. The van der Waals surface area contributed by atoms with Crippen molar-refractivity contribution in [3.8, 4) is 0 Å². The summed E-state index contributed by atoms with van der Waals surface area (Å²) in [5, 5.41) is 16.6. The van der Waals surface area contributed by atoms with E-state index in [0.717, 1.165) is 19.3 Å². The normalized spacial score (nSPS) is 10.9. The van der Waals surface area contributed by atoms with Crippen molar-refractivity contribution in [2.75, 3.05) is 18.4 Å². The number of para-hydroxylation sites is 2. The second kappa shape index (κ2) is 8.97. The summed E-state index contributed by atoms with van der Waals surface area (Å²) in [5.74, 6) is 0. The van der Waals surface area contributed by atoms with Gasteiger partial charge in [0.2, 0.25) is 0 Å². The molecule has 128 valence electrons. The van der Waals surface area contributed by atoms with E-state index in [-0.39, 0.29) is 5.69 Å². The summed E-state index contributed by atoms with van der Waals surface area (Å²) >= 11 is 0. The van der Waals surface area contributed by atoms with Crippen LogP contribution in [0.15, 0.2) is 24.3 Å². The molecular weight excluding hydrogens is 298 g/mol. The standard InChI is InChI=1S/C16H25N3O4/c1-16(2,3)23-15(20)18-12-8-4-7-11-17-13-9-5-6-10-14(13)19(21)22/h5-6,9-10,17H,4,7-8,11-12H2,1-3H3,(H,18,20). The first-order valence-corrected chi connectivity index (χ1v) is 7.74. The minimum Gasteiger partial charge on any atom is -0.444 e. The monoisotopic (exact) mass is 323 g/mol. The topological polar surface area (TPSA) is 93.5 Å². The molecule has 0 saturated carbocycles. The zero-order valence-electron chi connectivity index (χ0n) is 13.9. The average molecular weight is 323 g/mol. The molecule has 1 rings (SSSR count). The quantitative estimate of drug-likeness (QED) is 0.432. The first kappa shape index (κ1) is 18.7. The molecule has 1 amide bonds. The summed E-state index contributed by atoms with van der Waals surface area (Å²) < 4.78 is 5.13. The van der Waals surface area contributed by atoms with E-state index in [1.165, 1.54) is 6.07 Å². The lowest BCUT2D eigenvalue weighted by Crippen LogP contribution is -2.33. The van der Waals surface area contributed by atoms with Crippen molar-refractivity contribution in [3.05, 3.63) is 34.4 Å². The molecule has 0 radical (unpaired) electrons. The van der Waals surface area contributed by atoms with Crippen LogP contribution in [-0.2, 0) is 4.74 Å². The molecular formula is C16H25N3O4. The van der Waals surface area contributed by atoms with Crippen molar-refractivity contribution in [2.24, 2.45) is 0 Å². The number of hydrogen-bond donors (Lipinski definition) is 2. The summed E-state index contributed by atoms with van der Waals surface area (Å²) in [6.45, 7) is 6.67. The Morgan fingerprint density at radius 1 is 1.17 bits per heavy atom. The fraction of sp³-hybridized carbons (Fsp3) is 0.562. The van der Waals surface area contributed by atoms with E-state index in [1.807, 2.05) is 20.8 Å². The SMILES string of the molecule is CC(C)(C)OC(=O)NCCCCCNc1ccccc1[N+](=O)[O-]. The number of nitrogens with zero attached hydrogens (tertiary/aromatic N) is 1. The van der Waals surface area contributed by atoms with E-state index < -0.39 is 16.6 Å². The van der Waals surface area contributed by atoms with Gasteiger partial charge in [-0.1, -0.05) is 12.1 Å². The van der Waals surface area contributed by atoms with Gasteiger partial charge in [-0.15, -0.1) is 0 Å². The van der Waals surface area contributed by atoms with Gasteiger partial charge in [-0.3, -0.25) is 10.1 Å². The number of unbranched alkanes of at least 4 members (excludes halogenated alkanes) is 2. The van der Waals surface area contributed by atoms with Crippen LogP contribution >= 0.6 is 0 Å². The predicted octanol–water partition coefficient (Wildman–Crippen LogP) is 3.70. The maximum Gasteiger partial charge on any atom is 0.407 e. The van der Waals surface area contributed by atoms with Crippen LogP contribution in [0.3, 0.4) is 0 Å². The van der Waals surface area contributed by atoms with Crippen LogP contribution in [0.5, 0.6) is 0 Å². The van der Waals surface area contributed by atoms with E-state index in [9.17, 15) is 14.9 Å². The minimum atomic E-state index is -0.488. The van der Waals surface area contributed by atoms with Crippen LogP contribution in [0, 0.1) is 10.1 Å². The molecule has 7 nitrogen and oxygen atoms in total. The van der Waals surface area contributed by atoms with Crippen molar-refractivity contribution in [1.82, 2.24) is 5.32 Å². The van der Waals surface area contributed by atoms with Gasteiger partial charge in [-0.2, -0.15) is 0 Å². The molecule has 0 aliphatic rings. The van der Waals surface area contributed by atoms with Crippen LogP contribution < -0.4 is 10.6 Å². The molecule has 0 aliphatic carbocycles. The third-order valence-electron chi connectivity index (χ3n) is 2.94. The van der Waals surface area contributed by atoms with E-state index >= 15 is 0 Å². The van der Waals surface area contributed by atoms with Crippen molar-refractivity contribution in [1.29, 1.82) is 0 Å². The van der Waals surface area contributed by atoms with Gasteiger partial charge in [-0.25, -0.2) is 4.79 Å². The van der Waals surface area contributed by atoms with Crippen LogP contribution in [0.2, 0.25) is 0 Å². The molecule has 0 aliphatic heterocycles. The molecule has 2 N–H and O–H groups in total. The minimum absolute atomic E-state index is 0.0825. The second-order valence-corrected chi connectivity index (χ2v) is 6.19. The third kappa shape index (κ3) is 8.04. The Labute approximate surface area is 136 Å². The molecule has 7 heteroatoms. The third-order valence-corrected chi connectivity index (χ3v) is 2.94. The Kier molecular flexibility index (Phi) is 7.31. The summed E-state index contributed by atoms with van der Waals surface area (Å²) in [4.78, 5) is 21.9. The number of alkyl carbamates (subject to hydrolysis) is 1. The van der Waals surface area contributed by atoms with Gasteiger partial charge < -0.3 is 15.4 Å². The Hall–Kier alpha value is -2.31. The highest BCUT2D eigenvalue weighted by atomic mass is 16.6. The lowest BCUT2D eigenvalue weighted by Gasteiger charge is -2.19. The summed E-state index contributed by atoms with van der Waals surface area (Å²) in [6, 6.07) is 6.58. The number of rotatable bonds is 8. The molecule has 0 aromatic heterocycles. The summed E-state index contributed by atoms with van der Waals surface area (Å²) in [6.07, 6.45) is 2.19. The van der Waals surface area contributed by atoms with E-state index in [2.05, 4.69) is 10.6 Å². The van der Waals surface area contributed by atoms with Crippen molar-refractivity contribution in [2.45, 2.75) is 45.6 Å². The Balaban J connectivity index is 2.15. The predicted molar refractivity (Wildman–Crippen MR) is 89.7 cm³/mol. The van der Waals surface area contributed by atoms with Crippen LogP contribution in [0.25, 0.3) is 0 Å². The van der Waals surface area contributed by atoms with Gasteiger partial charge in [0.25, 0.3) is 5.69 Å². The van der Waals surface area contributed by atoms with Crippen LogP contribution in [0.4, 0.5) is 16.2 Å². The number of hydrogen-bond acceptors (Lipinski definition) is 5. The Bertz CT molecular complexity index is 526. The van der Waals surface area contributed by atoms with E-state index in [4.69, 9.17) is 4.74 Å². The molecule has 0 saturated heterocycles. The second-order valence-electron chi connectivity index (χ2n) is 6.19. The molecule has 0 unspecified atom stereocenters. The fourth-order valence-corrected chi connectivity index (χ4v) is 1.94. The lowest BCUT2D eigenvalue weighted by atomic mass is 10.2. The molecule has 23 heavy (non-hydrogen) atoms. The first-order valence-electron chi connectivity index (χ1n) is 7.74. The smallest absolute Gasteiger partial charge is 0.407 e. The zero-order valence-corrected chi connectivity index (χ0v) is 13.9. The number of carbonyl (C=O) groups excluding carboxylic acids is 1. The molecule has 1 aromatic carbocycles. The number of nitrogens with one attached hydrogen (secondary N) is 2. The Morgan fingerprint density at radius 2 is 1.83 bits per heavy atom. The number of benzene rings is 1. The summed E-state index contributed by atoms with van der Waals surface area (Å²) in [5.41, 5.74) is 0.127. The molecule has 0 bridgehead atoms. The first-order chi connectivity index (χ1) is 10.8. The number of anilines is 1. The molecule has 0 atom stereocenters. The van der Waals surface area contributed by atoms with Gasteiger partial charge in [0, 0.05) is 19.2 Å². The highest BCUT2D eigenvalue weighted by Crippen LogP contribution is 2.22. The summed E-state index contributed by atoms with van der Waals surface area (Å²) in [7, 11) is 0. The lowest BCUT2D eigenvalue weighted by molar-refractivity contribution is -0.384. The molecule has 0 heterocycles. The molecule has 0 spiro atoms. The number of carbonyl (C=O) groups is 1. The number of nitro groups is 1. The van der Waals surface area contributed by atoms with Crippen LogP contribution in [-0.4, -0.2) is 29.7 Å². The van der Waals surface area contributed by atoms with Gasteiger partial charge in [0.15, 0.2) is 0 Å². The van der Waals surface area contributed by atoms with Gasteiger partial charge in [0.1, 0.15) is 11.3 Å². The van der Waals surface area contributed by atoms with Crippen LogP contribution in [0.1, 0.15) is 40.0 Å². The zero-order chi connectivity index (χ0) is 17.3. The van der Waals surface area contributed by atoms with Gasteiger partial charge in [0.05, 0.1) is 4.92 Å². The van der Waals surface area contributed by atoms with Gasteiger partial charge >= 0.3 is 6.09 Å². The van der Waals surface area contributed by atoms with E-state index in [0.29, 0.717) is 18.8 Å². The maximum atomic E-state index is 11.4.